The molecule has 0 radical (unpaired) electrons. The lowest BCUT2D eigenvalue weighted by Crippen LogP contribution is -2.44. The standard InChI is InChI=1S/C21H24N2O/c1-14-18(13-15-9-5-4-6-10-15)16-11-7-8-12-17(16)19(14)20(21(22)24)23(2)3/h4-12,19-20H,13H2,1-3H3,(H2,22,24). The van der Waals surface area contributed by atoms with Crippen LogP contribution in [0.2, 0.25) is 0 Å². The molecule has 3 heteroatoms. The molecule has 124 valence electrons. The molecule has 2 aromatic rings. The average molecular weight is 320 g/mol. The Morgan fingerprint density at radius 1 is 1.08 bits per heavy atom. The normalized spacial score (nSPS) is 17.9. The highest BCUT2D eigenvalue weighted by atomic mass is 16.1. The van der Waals surface area contributed by atoms with E-state index in [0.717, 1.165) is 6.42 Å². The van der Waals surface area contributed by atoms with Gasteiger partial charge in [0.25, 0.3) is 0 Å². The van der Waals surface area contributed by atoms with Crippen LogP contribution in [0.25, 0.3) is 5.57 Å². The van der Waals surface area contributed by atoms with Gasteiger partial charge in [-0.25, -0.2) is 0 Å². The lowest BCUT2D eigenvalue weighted by molar-refractivity contribution is -0.122. The monoisotopic (exact) mass is 320 g/mol. The number of rotatable bonds is 5. The summed E-state index contributed by atoms with van der Waals surface area (Å²) in [4.78, 5) is 14.0. The van der Waals surface area contributed by atoms with Crippen molar-refractivity contribution < 1.29 is 4.79 Å². The highest BCUT2D eigenvalue weighted by Gasteiger charge is 2.37. The predicted octanol–water partition coefficient (Wildman–Crippen LogP) is 3.22. The summed E-state index contributed by atoms with van der Waals surface area (Å²) in [6.07, 6.45) is 0.874. The van der Waals surface area contributed by atoms with Gasteiger partial charge in [-0.1, -0.05) is 60.2 Å². The Morgan fingerprint density at radius 3 is 2.33 bits per heavy atom. The maximum atomic E-state index is 12.1. The van der Waals surface area contributed by atoms with Crippen molar-refractivity contribution in [3.8, 4) is 0 Å². The van der Waals surface area contributed by atoms with Gasteiger partial charge in [-0.2, -0.15) is 0 Å². The third-order valence-electron chi connectivity index (χ3n) is 4.95. The predicted molar refractivity (Wildman–Crippen MR) is 98.6 cm³/mol. The smallest absolute Gasteiger partial charge is 0.235 e. The Labute approximate surface area is 143 Å². The summed E-state index contributed by atoms with van der Waals surface area (Å²) in [6.45, 7) is 2.14. The number of amides is 1. The molecule has 1 aliphatic rings. The van der Waals surface area contributed by atoms with Crippen LogP contribution in [0.4, 0.5) is 0 Å². The van der Waals surface area contributed by atoms with Crippen LogP contribution in [0.5, 0.6) is 0 Å². The second-order valence-electron chi connectivity index (χ2n) is 6.70. The van der Waals surface area contributed by atoms with Crippen LogP contribution in [0.3, 0.4) is 0 Å². The number of carbonyl (C=O) groups is 1. The van der Waals surface area contributed by atoms with Crippen molar-refractivity contribution in [2.45, 2.75) is 25.3 Å². The van der Waals surface area contributed by atoms with Crippen LogP contribution < -0.4 is 5.73 Å². The quantitative estimate of drug-likeness (QED) is 0.919. The first kappa shape index (κ1) is 16.5. The number of nitrogens with two attached hydrogens (primary N) is 1. The number of primary amides is 1. The summed E-state index contributed by atoms with van der Waals surface area (Å²) < 4.78 is 0. The Balaban J connectivity index is 2.09. The average Bonchev–Trinajstić information content (AvgIpc) is 2.82. The molecule has 0 saturated heterocycles. The maximum Gasteiger partial charge on any atom is 0.235 e. The molecule has 0 aromatic heterocycles. The van der Waals surface area contributed by atoms with E-state index in [9.17, 15) is 4.79 Å². The number of nitrogens with zero attached hydrogens (tertiary/aromatic N) is 1. The molecule has 0 fully saturated rings. The second kappa shape index (κ2) is 6.62. The van der Waals surface area contributed by atoms with Crippen LogP contribution in [0.15, 0.2) is 60.2 Å². The van der Waals surface area contributed by atoms with E-state index in [0.29, 0.717) is 0 Å². The lowest BCUT2D eigenvalue weighted by atomic mass is 9.88. The molecular formula is C21H24N2O. The van der Waals surface area contributed by atoms with Crippen molar-refractivity contribution in [3.63, 3.8) is 0 Å². The number of fused-ring (bicyclic) bond motifs is 1. The molecule has 3 rings (SSSR count). The second-order valence-corrected chi connectivity index (χ2v) is 6.70. The summed E-state index contributed by atoms with van der Waals surface area (Å²) in [5.41, 5.74) is 12.0. The number of hydrogen-bond donors (Lipinski definition) is 1. The lowest BCUT2D eigenvalue weighted by Gasteiger charge is -2.29. The third kappa shape index (κ3) is 2.87. The van der Waals surface area contributed by atoms with E-state index < -0.39 is 0 Å². The van der Waals surface area contributed by atoms with Gasteiger partial charge in [0.2, 0.25) is 5.91 Å². The molecule has 2 unspecified atom stereocenters. The van der Waals surface area contributed by atoms with Gasteiger partial charge in [-0.05, 0) is 49.7 Å². The van der Waals surface area contributed by atoms with Gasteiger partial charge in [-0.3, -0.25) is 9.69 Å². The van der Waals surface area contributed by atoms with Crippen LogP contribution in [-0.2, 0) is 11.2 Å². The summed E-state index contributed by atoms with van der Waals surface area (Å²) in [7, 11) is 3.83. The number of carbonyl (C=O) groups excluding carboxylic acids is 1. The van der Waals surface area contributed by atoms with Gasteiger partial charge in [-0.15, -0.1) is 0 Å². The fourth-order valence-corrected chi connectivity index (χ4v) is 3.83. The van der Waals surface area contributed by atoms with Crippen molar-refractivity contribution in [1.29, 1.82) is 0 Å². The summed E-state index contributed by atoms with van der Waals surface area (Å²) in [5.74, 6) is -0.257. The van der Waals surface area contributed by atoms with Crippen molar-refractivity contribution in [2.24, 2.45) is 5.73 Å². The Kier molecular flexibility index (Phi) is 4.54. The Morgan fingerprint density at radius 2 is 1.71 bits per heavy atom. The number of likely N-dealkylation sites (N-methyl/N-ethyl adjacent to an activating group) is 1. The first-order valence-electron chi connectivity index (χ1n) is 8.29. The Bertz CT molecular complexity index is 777. The van der Waals surface area contributed by atoms with Crippen LogP contribution in [0.1, 0.15) is 29.5 Å². The molecule has 1 amide bonds. The van der Waals surface area contributed by atoms with Gasteiger partial charge in [0.05, 0.1) is 6.04 Å². The molecule has 0 aliphatic heterocycles. The van der Waals surface area contributed by atoms with Crippen molar-refractivity contribution in [2.75, 3.05) is 14.1 Å². The molecule has 3 nitrogen and oxygen atoms in total. The number of allylic oxidation sites excluding steroid dienone is 1. The minimum absolute atomic E-state index is 0.0208. The first-order valence-corrected chi connectivity index (χ1v) is 8.29. The molecule has 0 bridgehead atoms. The summed E-state index contributed by atoms with van der Waals surface area (Å²) >= 11 is 0. The van der Waals surface area contributed by atoms with Gasteiger partial charge < -0.3 is 5.73 Å². The summed E-state index contributed by atoms with van der Waals surface area (Å²) in [6, 6.07) is 18.5. The van der Waals surface area contributed by atoms with Crippen LogP contribution >= 0.6 is 0 Å². The van der Waals surface area contributed by atoms with Crippen molar-refractivity contribution in [1.82, 2.24) is 4.90 Å². The highest BCUT2D eigenvalue weighted by Crippen LogP contribution is 2.45. The first-order chi connectivity index (χ1) is 11.5. The molecule has 2 atom stereocenters. The molecule has 0 spiro atoms. The van der Waals surface area contributed by atoms with Gasteiger partial charge >= 0.3 is 0 Å². The maximum absolute atomic E-state index is 12.1. The van der Waals surface area contributed by atoms with E-state index in [1.54, 1.807) is 0 Å². The van der Waals surface area contributed by atoms with Gasteiger partial charge in [0.15, 0.2) is 0 Å². The zero-order valence-corrected chi connectivity index (χ0v) is 14.5. The minimum atomic E-state index is -0.334. The minimum Gasteiger partial charge on any atom is -0.368 e. The fraction of sp³-hybridized carbons (Fsp3) is 0.286. The van der Waals surface area contributed by atoms with Crippen LogP contribution in [0, 0.1) is 0 Å². The topological polar surface area (TPSA) is 46.3 Å². The van der Waals surface area contributed by atoms with Crippen molar-refractivity contribution in [3.05, 3.63) is 76.9 Å². The molecule has 2 aromatic carbocycles. The molecule has 0 saturated carbocycles. The fourth-order valence-electron chi connectivity index (χ4n) is 3.83. The molecule has 24 heavy (non-hydrogen) atoms. The van der Waals surface area contributed by atoms with E-state index in [1.807, 2.05) is 31.1 Å². The summed E-state index contributed by atoms with van der Waals surface area (Å²) in [5, 5.41) is 0. The number of hydrogen-bond acceptors (Lipinski definition) is 2. The number of benzene rings is 2. The van der Waals surface area contributed by atoms with Crippen molar-refractivity contribution >= 4 is 11.5 Å². The van der Waals surface area contributed by atoms with E-state index in [-0.39, 0.29) is 17.9 Å². The van der Waals surface area contributed by atoms with E-state index in [4.69, 9.17) is 5.73 Å². The molecular weight excluding hydrogens is 296 g/mol. The van der Waals surface area contributed by atoms with E-state index in [1.165, 1.54) is 27.8 Å². The van der Waals surface area contributed by atoms with Crippen LogP contribution in [-0.4, -0.2) is 30.9 Å². The van der Waals surface area contributed by atoms with Gasteiger partial charge in [0.1, 0.15) is 0 Å². The Hall–Kier alpha value is -2.39. The molecule has 1 aliphatic carbocycles. The van der Waals surface area contributed by atoms with E-state index in [2.05, 4.69) is 49.4 Å². The van der Waals surface area contributed by atoms with E-state index >= 15 is 0 Å². The third-order valence-corrected chi connectivity index (χ3v) is 4.95. The largest absolute Gasteiger partial charge is 0.368 e. The highest BCUT2D eigenvalue weighted by molar-refractivity contribution is 5.87. The zero-order valence-electron chi connectivity index (χ0n) is 14.5. The zero-order chi connectivity index (χ0) is 17.3. The molecule has 0 heterocycles. The van der Waals surface area contributed by atoms with Gasteiger partial charge in [0, 0.05) is 5.92 Å². The molecule has 2 N–H and O–H groups in total. The SMILES string of the molecule is CC1=C(Cc2ccccc2)c2ccccc2C1C(C(N)=O)N(C)C.